The van der Waals surface area contributed by atoms with Gasteiger partial charge < -0.3 is 15.8 Å². The fourth-order valence-corrected chi connectivity index (χ4v) is 5.11. The number of nitrogen functional groups attached to an aromatic ring is 1. The second-order valence-electron chi connectivity index (χ2n) is 8.79. The van der Waals surface area contributed by atoms with E-state index < -0.39 is 17.2 Å². The molecule has 1 heterocycles. The van der Waals surface area contributed by atoms with Gasteiger partial charge in [-0.2, -0.15) is 0 Å². The van der Waals surface area contributed by atoms with Crippen LogP contribution in [0.2, 0.25) is 0 Å². The summed E-state index contributed by atoms with van der Waals surface area (Å²) in [5, 5.41) is 3.18. The molecule has 1 amide bonds. The fourth-order valence-electron chi connectivity index (χ4n) is 4.78. The normalized spacial score (nSPS) is 25.4. The molecule has 1 unspecified atom stereocenters. The van der Waals surface area contributed by atoms with Crippen LogP contribution in [0.15, 0.2) is 40.9 Å². The van der Waals surface area contributed by atoms with E-state index in [2.05, 4.69) is 21.2 Å². The zero-order valence-corrected chi connectivity index (χ0v) is 19.1. The van der Waals surface area contributed by atoms with Gasteiger partial charge in [0.15, 0.2) is 5.82 Å². The third kappa shape index (κ3) is 4.10. The van der Waals surface area contributed by atoms with Crippen molar-refractivity contribution >= 4 is 33.4 Å². The van der Waals surface area contributed by atoms with Crippen molar-refractivity contribution in [1.82, 2.24) is 4.90 Å². The molecule has 2 fully saturated rings. The van der Waals surface area contributed by atoms with Gasteiger partial charge in [-0.1, -0.05) is 30.3 Å². The Morgan fingerprint density at radius 1 is 1.16 bits per heavy atom. The molecule has 2 aromatic rings. The molecule has 1 saturated carbocycles. The highest BCUT2D eigenvalue weighted by Crippen LogP contribution is 2.44. The summed E-state index contributed by atoms with van der Waals surface area (Å²) in [5.74, 6) is -1.50. The van der Waals surface area contributed by atoms with E-state index in [4.69, 9.17) is 10.5 Å². The first kappa shape index (κ1) is 21.9. The molecule has 2 aromatic carbocycles. The first-order valence-corrected chi connectivity index (χ1v) is 11.2. The molecule has 8 heteroatoms. The van der Waals surface area contributed by atoms with Crippen LogP contribution in [0.1, 0.15) is 51.1 Å². The summed E-state index contributed by atoms with van der Waals surface area (Å²) in [7, 11) is 0. The lowest BCUT2D eigenvalue weighted by molar-refractivity contribution is 0.0664. The van der Waals surface area contributed by atoms with Crippen LogP contribution in [0.25, 0.3) is 0 Å². The van der Waals surface area contributed by atoms with Crippen LogP contribution in [-0.4, -0.2) is 28.7 Å². The lowest BCUT2D eigenvalue weighted by Gasteiger charge is -2.38. The monoisotopic (exact) mass is 493 g/mol. The first-order valence-electron chi connectivity index (χ1n) is 10.4. The molecule has 1 saturated heterocycles. The quantitative estimate of drug-likeness (QED) is 0.404. The van der Waals surface area contributed by atoms with Crippen LogP contribution in [0, 0.1) is 11.6 Å². The summed E-state index contributed by atoms with van der Waals surface area (Å²) in [6, 6.07) is 11.0. The van der Waals surface area contributed by atoms with Gasteiger partial charge in [0.1, 0.15) is 11.4 Å². The zero-order chi connectivity index (χ0) is 22.3. The zero-order valence-electron chi connectivity index (χ0n) is 17.5. The molecule has 31 heavy (non-hydrogen) atoms. The highest BCUT2D eigenvalue weighted by molar-refractivity contribution is 9.10. The van der Waals surface area contributed by atoms with Gasteiger partial charge in [-0.15, -0.1) is 0 Å². The van der Waals surface area contributed by atoms with Crippen molar-refractivity contribution in [1.29, 1.82) is 0 Å². The molecule has 0 bridgehead atoms. The predicted octanol–water partition coefficient (Wildman–Crippen LogP) is 6.00. The number of benzene rings is 2. The van der Waals surface area contributed by atoms with E-state index in [1.807, 2.05) is 49.1 Å². The van der Waals surface area contributed by atoms with Crippen LogP contribution < -0.4 is 11.1 Å². The van der Waals surface area contributed by atoms with E-state index in [0.29, 0.717) is 0 Å². The summed E-state index contributed by atoms with van der Waals surface area (Å²) >= 11 is 2.87. The van der Waals surface area contributed by atoms with E-state index in [-0.39, 0.29) is 40.1 Å². The fraction of sp³-hybridized carbons (Fsp3) is 0.435. The van der Waals surface area contributed by atoms with E-state index in [1.165, 1.54) is 6.07 Å². The molecule has 0 spiro atoms. The SMILES string of the molecule is CC1(C)OC(=O)N(C2CCC(Nc3cc(F)c(Br)c(F)c3N)CC2)C1c1ccccc1. The number of hydrogen-bond donors (Lipinski definition) is 2. The lowest BCUT2D eigenvalue weighted by atomic mass is 9.86. The Balaban J connectivity index is 1.48. The van der Waals surface area contributed by atoms with Gasteiger partial charge in [-0.05, 0) is 61.0 Å². The predicted molar refractivity (Wildman–Crippen MR) is 120 cm³/mol. The summed E-state index contributed by atoms with van der Waals surface area (Å²) in [6.07, 6.45) is 2.71. The van der Waals surface area contributed by atoms with Crippen molar-refractivity contribution in [3.63, 3.8) is 0 Å². The van der Waals surface area contributed by atoms with Crippen molar-refractivity contribution in [2.75, 3.05) is 11.1 Å². The van der Waals surface area contributed by atoms with Gasteiger partial charge in [0.05, 0.1) is 21.9 Å². The van der Waals surface area contributed by atoms with Crippen LogP contribution in [0.5, 0.6) is 0 Å². The largest absolute Gasteiger partial charge is 0.441 e. The maximum Gasteiger partial charge on any atom is 0.411 e. The van der Waals surface area contributed by atoms with Crippen LogP contribution in [-0.2, 0) is 4.74 Å². The maximum atomic E-state index is 14.1. The Kier molecular flexibility index (Phi) is 5.85. The van der Waals surface area contributed by atoms with Crippen molar-refractivity contribution < 1.29 is 18.3 Å². The number of nitrogens with zero attached hydrogens (tertiary/aromatic N) is 1. The minimum atomic E-state index is -0.802. The molecule has 0 radical (unpaired) electrons. The molecule has 3 N–H and O–H groups in total. The number of rotatable bonds is 4. The van der Waals surface area contributed by atoms with Crippen LogP contribution in [0.3, 0.4) is 0 Å². The summed E-state index contributed by atoms with van der Waals surface area (Å²) in [5.41, 5.74) is 6.39. The number of amides is 1. The third-order valence-corrected chi connectivity index (χ3v) is 6.99. The highest BCUT2D eigenvalue weighted by atomic mass is 79.9. The van der Waals surface area contributed by atoms with Crippen molar-refractivity contribution in [2.24, 2.45) is 0 Å². The van der Waals surface area contributed by atoms with Gasteiger partial charge in [-0.3, -0.25) is 4.90 Å². The summed E-state index contributed by atoms with van der Waals surface area (Å²) in [4.78, 5) is 14.7. The van der Waals surface area contributed by atoms with Crippen LogP contribution in [0.4, 0.5) is 25.0 Å². The van der Waals surface area contributed by atoms with Gasteiger partial charge >= 0.3 is 6.09 Å². The lowest BCUT2D eigenvalue weighted by Crippen LogP contribution is -2.44. The Hall–Kier alpha value is -2.35. The summed E-state index contributed by atoms with van der Waals surface area (Å²) < 4.78 is 33.5. The Bertz CT molecular complexity index is 979. The smallest absolute Gasteiger partial charge is 0.411 e. The van der Waals surface area contributed by atoms with E-state index in [9.17, 15) is 13.6 Å². The van der Waals surface area contributed by atoms with Gasteiger partial charge in [0.25, 0.3) is 0 Å². The average molecular weight is 494 g/mol. The second kappa shape index (κ2) is 8.30. The molecule has 5 nitrogen and oxygen atoms in total. The molecule has 166 valence electrons. The number of ether oxygens (including phenoxy) is 1. The number of nitrogens with two attached hydrogens (primary N) is 1. The standard InChI is InChI=1S/C23H26BrF2N3O2/c1-23(2)21(13-6-4-3-5-7-13)29(22(30)31-23)15-10-8-14(9-11-15)28-17-12-16(25)18(24)19(26)20(17)27/h3-7,12,14-15,21,28H,8-11,27H2,1-2H3. The maximum absolute atomic E-state index is 14.1. The van der Waals surface area contributed by atoms with Crippen molar-refractivity contribution in [2.45, 2.75) is 63.3 Å². The molecule has 0 aromatic heterocycles. The molecular formula is C23H26BrF2N3O2. The topological polar surface area (TPSA) is 67.6 Å². The van der Waals surface area contributed by atoms with Gasteiger partial charge in [0.2, 0.25) is 0 Å². The molecule has 1 aliphatic carbocycles. The minimum absolute atomic E-state index is 0.0142. The second-order valence-corrected chi connectivity index (χ2v) is 9.58. The molecular weight excluding hydrogens is 468 g/mol. The van der Waals surface area contributed by atoms with Gasteiger partial charge in [-0.25, -0.2) is 13.6 Å². The number of nitrogens with one attached hydrogen (secondary N) is 1. The highest BCUT2D eigenvalue weighted by Gasteiger charge is 2.51. The van der Waals surface area contributed by atoms with Crippen LogP contribution >= 0.6 is 15.9 Å². The summed E-state index contributed by atoms with van der Waals surface area (Å²) in [6.45, 7) is 3.88. The van der Waals surface area contributed by atoms with E-state index in [1.54, 1.807) is 0 Å². The third-order valence-electron chi connectivity index (χ3n) is 6.26. The molecule has 1 atom stereocenters. The number of halogens is 3. The molecule has 1 aliphatic heterocycles. The number of hydrogen-bond acceptors (Lipinski definition) is 4. The first-order chi connectivity index (χ1) is 14.7. The Morgan fingerprint density at radius 3 is 2.45 bits per heavy atom. The van der Waals surface area contributed by atoms with Crippen molar-refractivity contribution in [3.05, 3.63) is 58.1 Å². The Labute approximate surface area is 189 Å². The molecule has 2 aliphatic rings. The average Bonchev–Trinajstić information content (AvgIpc) is 2.99. The molecule has 4 rings (SSSR count). The van der Waals surface area contributed by atoms with Gasteiger partial charge in [0, 0.05) is 18.2 Å². The van der Waals surface area contributed by atoms with E-state index >= 15 is 0 Å². The Morgan fingerprint density at radius 2 is 1.81 bits per heavy atom. The van der Waals surface area contributed by atoms with Crippen molar-refractivity contribution in [3.8, 4) is 0 Å². The number of cyclic esters (lactones) is 1. The number of anilines is 2. The minimum Gasteiger partial charge on any atom is -0.441 e. The number of carbonyl (C=O) groups is 1. The number of carbonyl (C=O) groups excluding carboxylic acids is 1. The van der Waals surface area contributed by atoms with E-state index in [0.717, 1.165) is 31.2 Å².